The molecule has 1 saturated carbocycles. The highest BCUT2D eigenvalue weighted by Gasteiger charge is 2.21. The van der Waals surface area contributed by atoms with E-state index in [0.29, 0.717) is 6.04 Å². The molecule has 0 aromatic heterocycles. The third-order valence-corrected chi connectivity index (χ3v) is 3.54. The molecule has 0 radical (unpaired) electrons. The minimum Gasteiger partial charge on any atom is -0.371 e. The summed E-state index contributed by atoms with van der Waals surface area (Å²) in [5, 5.41) is 0. The largest absolute Gasteiger partial charge is 0.371 e. The van der Waals surface area contributed by atoms with Gasteiger partial charge in [-0.15, -0.1) is 0 Å². The van der Waals surface area contributed by atoms with Gasteiger partial charge in [-0.05, 0) is 31.9 Å². The standard InChI is InChI=1S/C14H19NO/c1-11(16)13-9-5-6-10-14(13)15(2)12-7-3-4-8-12/h5-6,9-10,12H,3-4,7-8H2,1-2H3. The number of Topliss-reactive ketones (excluding diaryl/α,β-unsaturated/α-hetero) is 1. The predicted octanol–water partition coefficient (Wildman–Crippen LogP) is 3.27. The van der Waals surface area contributed by atoms with E-state index < -0.39 is 0 Å². The van der Waals surface area contributed by atoms with Crippen molar-refractivity contribution in [3.05, 3.63) is 29.8 Å². The lowest BCUT2D eigenvalue weighted by Crippen LogP contribution is -2.30. The molecule has 1 fully saturated rings. The fourth-order valence-corrected chi connectivity index (χ4v) is 2.57. The van der Waals surface area contributed by atoms with Crippen LogP contribution in [0, 0.1) is 0 Å². The minimum atomic E-state index is 0.153. The van der Waals surface area contributed by atoms with Crippen LogP contribution in [0.3, 0.4) is 0 Å². The molecule has 0 unspecified atom stereocenters. The van der Waals surface area contributed by atoms with Crippen molar-refractivity contribution in [2.45, 2.75) is 38.6 Å². The molecule has 2 rings (SSSR count). The minimum absolute atomic E-state index is 0.153. The maximum Gasteiger partial charge on any atom is 0.161 e. The van der Waals surface area contributed by atoms with Crippen molar-refractivity contribution in [2.75, 3.05) is 11.9 Å². The zero-order valence-electron chi connectivity index (χ0n) is 10.1. The monoisotopic (exact) mass is 217 g/mol. The fraction of sp³-hybridized carbons (Fsp3) is 0.500. The third kappa shape index (κ3) is 2.11. The lowest BCUT2D eigenvalue weighted by atomic mass is 10.1. The molecule has 16 heavy (non-hydrogen) atoms. The molecule has 0 heterocycles. The number of anilines is 1. The Morgan fingerprint density at radius 3 is 2.50 bits per heavy atom. The Labute approximate surface area is 97.3 Å². The Kier molecular flexibility index (Phi) is 3.28. The fourth-order valence-electron chi connectivity index (χ4n) is 2.57. The Balaban J connectivity index is 2.27. The van der Waals surface area contributed by atoms with Crippen LogP contribution < -0.4 is 4.90 Å². The second-order valence-corrected chi connectivity index (χ2v) is 4.62. The molecular weight excluding hydrogens is 198 g/mol. The number of hydrogen-bond acceptors (Lipinski definition) is 2. The molecule has 2 nitrogen and oxygen atoms in total. The van der Waals surface area contributed by atoms with Crippen molar-refractivity contribution in [1.82, 2.24) is 0 Å². The van der Waals surface area contributed by atoms with Gasteiger partial charge in [0.05, 0.1) is 0 Å². The first-order valence-electron chi connectivity index (χ1n) is 6.03. The average molecular weight is 217 g/mol. The van der Waals surface area contributed by atoms with E-state index in [-0.39, 0.29) is 5.78 Å². The van der Waals surface area contributed by atoms with Crippen LogP contribution >= 0.6 is 0 Å². The molecule has 0 spiro atoms. The van der Waals surface area contributed by atoms with Gasteiger partial charge in [0, 0.05) is 24.3 Å². The van der Waals surface area contributed by atoms with Crippen molar-refractivity contribution in [3.63, 3.8) is 0 Å². The summed E-state index contributed by atoms with van der Waals surface area (Å²) in [6.45, 7) is 1.64. The quantitative estimate of drug-likeness (QED) is 0.724. The topological polar surface area (TPSA) is 20.3 Å². The molecule has 86 valence electrons. The first-order chi connectivity index (χ1) is 7.70. The number of carbonyl (C=O) groups excluding carboxylic acids is 1. The molecule has 0 N–H and O–H groups in total. The zero-order valence-corrected chi connectivity index (χ0v) is 10.1. The second-order valence-electron chi connectivity index (χ2n) is 4.62. The first kappa shape index (κ1) is 11.2. The number of para-hydroxylation sites is 1. The summed E-state index contributed by atoms with van der Waals surface area (Å²) in [5.74, 6) is 0.153. The van der Waals surface area contributed by atoms with E-state index in [1.54, 1.807) is 6.92 Å². The number of nitrogens with zero attached hydrogens (tertiary/aromatic N) is 1. The molecule has 0 atom stereocenters. The molecule has 0 bridgehead atoms. The lowest BCUT2D eigenvalue weighted by Gasteiger charge is -2.28. The number of rotatable bonds is 3. The van der Waals surface area contributed by atoms with Gasteiger partial charge in [-0.1, -0.05) is 25.0 Å². The number of hydrogen-bond donors (Lipinski definition) is 0. The van der Waals surface area contributed by atoms with Gasteiger partial charge in [0.1, 0.15) is 0 Å². The smallest absolute Gasteiger partial charge is 0.161 e. The van der Waals surface area contributed by atoms with Crippen LogP contribution in [0.4, 0.5) is 5.69 Å². The SMILES string of the molecule is CC(=O)c1ccccc1N(C)C1CCCC1. The van der Waals surface area contributed by atoms with Crippen molar-refractivity contribution in [2.24, 2.45) is 0 Å². The number of benzene rings is 1. The van der Waals surface area contributed by atoms with E-state index in [4.69, 9.17) is 0 Å². The van der Waals surface area contributed by atoms with Gasteiger partial charge in [-0.25, -0.2) is 0 Å². The van der Waals surface area contributed by atoms with E-state index in [1.807, 2.05) is 18.2 Å². The molecule has 1 aliphatic rings. The van der Waals surface area contributed by atoms with Gasteiger partial charge in [0.2, 0.25) is 0 Å². The van der Waals surface area contributed by atoms with Gasteiger partial charge in [-0.2, -0.15) is 0 Å². The summed E-state index contributed by atoms with van der Waals surface area (Å²) < 4.78 is 0. The van der Waals surface area contributed by atoms with Crippen LogP contribution in [-0.4, -0.2) is 18.9 Å². The van der Waals surface area contributed by atoms with Gasteiger partial charge in [0.25, 0.3) is 0 Å². The Morgan fingerprint density at radius 2 is 1.88 bits per heavy atom. The Morgan fingerprint density at radius 1 is 1.25 bits per heavy atom. The van der Waals surface area contributed by atoms with Crippen LogP contribution in [0.5, 0.6) is 0 Å². The molecule has 0 saturated heterocycles. The van der Waals surface area contributed by atoms with Gasteiger partial charge < -0.3 is 4.90 Å². The Bertz CT molecular complexity index is 380. The number of carbonyl (C=O) groups is 1. The van der Waals surface area contributed by atoms with Crippen molar-refractivity contribution < 1.29 is 4.79 Å². The van der Waals surface area contributed by atoms with Gasteiger partial charge in [-0.3, -0.25) is 4.79 Å². The van der Waals surface area contributed by atoms with Crippen molar-refractivity contribution in [3.8, 4) is 0 Å². The van der Waals surface area contributed by atoms with Crippen molar-refractivity contribution >= 4 is 11.5 Å². The highest BCUT2D eigenvalue weighted by Crippen LogP contribution is 2.29. The predicted molar refractivity (Wildman–Crippen MR) is 67.1 cm³/mol. The maximum absolute atomic E-state index is 11.6. The first-order valence-corrected chi connectivity index (χ1v) is 6.03. The lowest BCUT2D eigenvalue weighted by molar-refractivity contribution is 0.101. The molecule has 1 aliphatic carbocycles. The van der Waals surface area contributed by atoms with E-state index in [9.17, 15) is 4.79 Å². The molecule has 2 heteroatoms. The zero-order chi connectivity index (χ0) is 11.5. The molecule has 0 amide bonds. The summed E-state index contributed by atoms with van der Waals surface area (Å²) in [4.78, 5) is 13.8. The van der Waals surface area contributed by atoms with Crippen molar-refractivity contribution in [1.29, 1.82) is 0 Å². The molecule has 0 aliphatic heterocycles. The van der Waals surface area contributed by atoms with E-state index in [0.717, 1.165) is 11.3 Å². The maximum atomic E-state index is 11.6. The normalized spacial score (nSPS) is 16.4. The molecular formula is C14H19NO. The van der Waals surface area contributed by atoms with Crippen LogP contribution in [0.1, 0.15) is 43.0 Å². The van der Waals surface area contributed by atoms with Crippen LogP contribution in [-0.2, 0) is 0 Å². The summed E-state index contributed by atoms with van der Waals surface area (Å²) in [6.07, 6.45) is 5.14. The summed E-state index contributed by atoms with van der Waals surface area (Å²) in [7, 11) is 2.11. The Hall–Kier alpha value is -1.31. The summed E-state index contributed by atoms with van der Waals surface area (Å²) >= 11 is 0. The summed E-state index contributed by atoms with van der Waals surface area (Å²) in [5.41, 5.74) is 1.93. The second kappa shape index (κ2) is 4.69. The average Bonchev–Trinajstić information content (AvgIpc) is 2.81. The summed E-state index contributed by atoms with van der Waals surface area (Å²) in [6, 6.07) is 8.52. The van der Waals surface area contributed by atoms with Crippen LogP contribution in [0.25, 0.3) is 0 Å². The van der Waals surface area contributed by atoms with E-state index in [1.165, 1.54) is 25.7 Å². The molecule has 1 aromatic carbocycles. The highest BCUT2D eigenvalue weighted by atomic mass is 16.1. The van der Waals surface area contributed by atoms with Crippen LogP contribution in [0.15, 0.2) is 24.3 Å². The highest BCUT2D eigenvalue weighted by molar-refractivity contribution is 5.99. The van der Waals surface area contributed by atoms with E-state index >= 15 is 0 Å². The van der Waals surface area contributed by atoms with E-state index in [2.05, 4.69) is 18.0 Å². The van der Waals surface area contributed by atoms with Crippen LogP contribution in [0.2, 0.25) is 0 Å². The van der Waals surface area contributed by atoms with Gasteiger partial charge >= 0.3 is 0 Å². The molecule has 1 aromatic rings. The van der Waals surface area contributed by atoms with Gasteiger partial charge in [0.15, 0.2) is 5.78 Å². The number of ketones is 1. The third-order valence-electron chi connectivity index (χ3n) is 3.54.